The Balaban J connectivity index is -0.000000183. The maximum absolute atomic E-state index is 9.28. The van der Waals surface area contributed by atoms with Crippen LogP contribution in [-0.4, -0.2) is 140 Å². The number of aliphatic hydroxyl groups excluding tert-OH is 4. The molecule has 34 heavy (non-hydrogen) atoms. The zero-order chi connectivity index (χ0) is 27.5. The van der Waals surface area contributed by atoms with Gasteiger partial charge in [0.25, 0.3) is 5.97 Å². The smallest absolute Gasteiger partial charge is 0.300 e. The van der Waals surface area contributed by atoms with E-state index >= 15 is 0 Å². The first kappa shape index (κ1) is 40.6. The van der Waals surface area contributed by atoms with E-state index in [1.54, 1.807) is 26.0 Å². The molecule has 0 saturated carbocycles. The third-order valence-electron chi connectivity index (χ3n) is 3.63. The Bertz CT molecular complexity index is 375. The Labute approximate surface area is 210 Å². The molecule has 5 unspecified atom stereocenters. The Morgan fingerprint density at radius 1 is 1.00 bits per heavy atom. The second-order valence-corrected chi connectivity index (χ2v) is 7.84. The summed E-state index contributed by atoms with van der Waals surface area (Å²) in [5.74, 6) is -0.833. The summed E-state index contributed by atoms with van der Waals surface area (Å²) in [5, 5.41) is 44.0. The number of carbonyl (C=O) groups is 1. The van der Waals surface area contributed by atoms with Gasteiger partial charge in [0, 0.05) is 41.3 Å². The maximum atomic E-state index is 9.28. The summed E-state index contributed by atoms with van der Waals surface area (Å²) in [6.45, 7) is 12.3. The predicted molar refractivity (Wildman–Crippen MR) is 135 cm³/mol. The van der Waals surface area contributed by atoms with Crippen LogP contribution in [0.25, 0.3) is 0 Å². The zero-order valence-electron chi connectivity index (χ0n) is 22.5. The fourth-order valence-corrected chi connectivity index (χ4v) is 2.18. The van der Waals surface area contributed by atoms with Gasteiger partial charge in [0.15, 0.2) is 6.29 Å². The monoisotopic (exact) mass is 521 g/mol. The van der Waals surface area contributed by atoms with Crippen molar-refractivity contribution < 1.29 is 49.3 Å². The van der Waals surface area contributed by atoms with Crippen LogP contribution < -0.4 is 0 Å². The van der Waals surface area contributed by atoms with E-state index in [0.29, 0.717) is 0 Å². The molecule has 0 amide bonds. The molecule has 2 aliphatic heterocycles. The van der Waals surface area contributed by atoms with Gasteiger partial charge in [0.2, 0.25) is 0 Å². The number of methoxy groups -OCH3 is 2. The minimum absolute atomic E-state index is 0.440. The molecular formula is C22H51NO10S. The van der Waals surface area contributed by atoms with E-state index < -0.39 is 43.3 Å². The number of hydrogen-bond donors (Lipinski definition) is 5. The number of rotatable bonds is 3. The third kappa shape index (κ3) is 26.1. The molecule has 12 heteroatoms. The Morgan fingerprint density at radius 2 is 1.38 bits per heavy atom. The van der Waals surface area contributed by atoms with E-state index in [9.17, 15) is 15.3 Å². The van der Waals surface area contributed by atoms with Gasteiger partial charge in [-0.15, -0.1) is 0 Å². The van der Waals surface area contributed by atoms with E-state index in [0.717, 1.165) is 33.2 Å². The highest BCUT2D eigenvalue weighted by Gasteiger charge is 2.43. The van der Waals surface area contributed by atoms with E-state index in [4.69, 9.17) is 29.2 Å². The number of carboxylic acids is 1. The summed E-state index contributed by atoms with van der Waals surface area (Å²) in [6, 6.07) is 0. The standard InChI is InChI=1S/C7H14O6.C6H13NO.C3H8.C2H4O2.C2H6O.C2H6S/c1-12-7-6(11)5(10)4(9)3(2-8)13-7;1-2-7-3-5-8-6-4-7;1-3-2;1-2(3)4;2*1-3-2/h3-11H,2H2,1H3;2-6H2,1H3;3H2,1-2H3;1H3,(H,3,4);2*1-2H3. The van der Waals surface area contributed by atoms with Crippen molar-refractivity contribution in [2.24, 2.45) is 0 Å². The second kappa shape index (κ2) is 30.5. The molecule has 11 nitrogen and oxygen atoms in total. The number of morpholine rings is 1. The Hall–Kier alpha value is -0.540. The lowest BCUT2D eigenvalue weighted by atomic mass is 9.99. The molecule has 2 rings (SSSR count). The Morgan fingerprint density at radius 3 is 1.65 bits per heavy atom. The van der Waals surface area contributed by atoms with Crippen LogP contribution in [0.1, 0.15) is 34.1 Å². The molecule has 0 radical (unpaired) electrons. The highest BCUT2D eigenvalue weighted by atomic mass is 32.2. The average molecular weight is 522 g/mol. The molecule has 0 aromatic rings. The van der Waals surface area contributed by atoms with Crippen LogP contribution in [0.15, 0.2) is 0 Å². The molecule has 5 atom stereocenters. The molecule has 0 spiro atoms. The first-order valence-electron chi connectivity index (χ1n) is 11.2. The maximum Gasteiger partial charge on any atom is 0.300 e. The van der Waals surface area contributed by atoms with Gasteiger partial charge in [-0.1, -0.05) is 27.2 Å². The molecule has 0 bridgehead atoms. The lowest BCUT2D eigenvalue weighted by Gasteiger charge is -2.38. The fourth-order valence-electron chi connectivity index (χ4n) is 2.18. The first-order valence-corrected chi connectivity index (χ1v) is 12.8. The summed E-state index contributed by atoms with van der Waals surface area (Å²) < 4.78 is 19.1. The molecule has 5 N–H and O–H groups in total. The van der Waals surface area contributed by atoms with Crippen LogP contribution in [0.4, 0.5) is 0 Å². The highest BCUT2D eigenvalue weighted by Crippen LogP contribution is 2.21. The van der Waals surface area contributed by atoms with Crippen molar-refractivity contribution >= 4 is 17.7 Å². The SMILES string of the molecule is CC(=O)O.CCC.CCN1CCOCC1.COC.COC1OC(CO)C(O)C(O)C1O.CSC. The molecule has 2 fully saturated rings. The topological polar surface area (TPSA) is 158 Å². The Kier molecular flexibility index (Phi) is 36.4. The number of aliphatic hydroxyl groups is 4. The number of likely N-dealkylation sites (N-methyl/N-ethyl adjacent to an activating group) is 1. The highest BCUT2D eigenvalue weighted by molar-refractivity contribution is 7.97. The molecule has 0 aromatic heterocycles. The summed E-state index contributed by atoms with van der Waals surface area (Å²) in [4.78, 5) is 11.4. The van der Waals surface area contributed by atoms with Crippen molar-refractivity contribution in [3.05, 3.63) is 0 Å². The molecule has 2 saturated heterocycles. The van der Waals surface area contributed by atoms with E-state index in [1.165, 1.54) is 20.1 Å². The normalized spacial score (nSPS) is 25.6. The summed E-state index contributed by atoms with van der Waals surface area (Å²) in [5.41, 5.74) is 0. The average Bonchev–Trinajstić information content (AvgIpc) is 2.80. The number of hydrogen-bond acceptors (Lipinski definition) is 11. The third-order valence-corrected chi connectivity index (χ3v) is 3.63. The molecule has 0 aliphatic carbocycles. The molecule has 2 heterocycles. The van der Waals surface area contributed by atoms with Crippen molar-refractivity contribution in [1.82, 2.24) is 4.90 Å². The van der Waals surface area contributed by atoms with Gasteiger partial charge in [-0.3, -0.25) is 9.69 Å². The van der Waals surface area contributed by atoms with Gasteiger partial charge in [-0.2, -0.15) is 11.8 Å². The van der Waals surface area contributed by atoms with Crippen molar-refractivity contribution in [1.29, 1.82) is 0 Å². The number of nitrogens with zero attached hydrogens (tertiary/aromatic N) is 1. The van der Waals surface area contributed by atoms with Gasteiger partial charge in [-0.25, -0.2) is 0 Å². The summed E-state index contributed by atoms with van der Waals surface area (Å²) in [6.07, 6.45) is -0.580. The molecule has 0 aromatic carbocycles. The summed E-state index contributed by atoms with van der Waals surface area (Å²) >= 11 is 1.75. The summed E-state index contributed by atoms with van der Waals surface area (Å²) in [7, 11) is 4.55. The number of aliphatic carboxylic acids is 1. The minimum Gasteiger partial charge on any atom is -0.481 e. The lowest BCUT2D eigenvalue weighted by molar-refractivity contribution is -0.294. The minimum atomic E-state index is -1.36. The number of ether oxygens (including phenoxy) is 4. The van der Waals surface area contributed by atoms with E-state index in [1.807, 2.05) is 12.5 Å². The number of carboxylic acid groups (broad SMARTS) is 1. The van der Waals surface area contributed by atoms with Gasteiger partial charge in [-0.05, 0) is 19.1 Å². The van der Waals surface area contributed by atoms with Crippen LogP contribution in [0.3, 0.4) is 0 Å². The largest absolute Gasteiger partial charge is 0.481 e. The lowest BCUT2D eigenvalue weighted by Crippen LogP contribution is -2.58. The second-order valence-electron chi connectivity index (χ2n) is 7.02. The quantitative estimate of drug-likeness (QED) is 0.351. The van der Waals surface area contributed by atoms with Crippen LogP contribution in [0.5, 0.6) is 0 Å². The predicted octanol–water partition coefficient (Wildman–Crippen LogP) is 0.520. The van der Waals surface area contributed by atoms with E-state index in [-0.39, 0.29) is 0 Å². The van der Waals surface area contributed by atoms with Gasteiger partial charge >= 0.3 is 0 Å². The van der Waals surface area contributed by atoms with Gasteiger partial charge < -0.3 is 44.5 Å². The van der Waals surface area contributed by atoms with Gasteiger partial charge in [0.1, 0.15) is 24.4 Å². The van der Waals surface area contributed by atoms with Crippen LogP contribution in [0, 0.1) is 0 Å². The first-order chi connectivity index (χ1) is 16.0. The van der Waals surface area contributed by atoms with Crippen molar-refractivity contribution in [2.45, 2.75) is 64.8 Å². The van der Waals surface area contributed by atoms with Crippen LogP contribution >= 0.6 is 11.8 Å². The molecule has 2 aliphatic rings. The van der Waals surface area contributed by atoms with Crippen LogP contribution in [0.2, 0.25) is 0 Å². The van der Waals surface area contributed by atoms with Crippen molar-refractivity contribution in [3.63, 3.8) is 0 Å². The number of thioether (sulfide) groups is 1. The van der Waals surface area contributed by atoms with Crippen molar-refractivity contribution in [2.75, 3.05) is 73.3 Å². The zero-order valence-corrected chi connectivity index (χ0v) is 23.3. The van der Waals surface area contributed by atoms with Gasteiger partial charge in [0.05, 0.1) is 19.8 Å². The van der Waals surface area contributed by atoms with E-state index in [2.05, 4.69) is 30.4 Å². The fraction of sp³-hybridized carbons (Fsp3) is 0.955. The molecule has 210 valence electrons. The van der Waals surface area contributed by atoms with Crippen LogP contribution in [-0.2, 0) is 23.7 Å². The molecular weight excluding hydrogens is 470 g/mol. The van der Waals surface area contributed by atoms with Crippen molar-refractivity contribution in [3.8, 4) is 0 Å².